The number of allylic oxidation sites excluding steroid dienone is 15. The zero-order valence-corrected chi connectivity index (χ0v) is 38.2. The van der Waals surface area contributed by atoms with Crippen LogP contribution in [0.2, 0.25) is 0 Å². The Labute approximate surface area is 358 Å². The molecule has 0 fully saturated rings. The van der Waals surface area contributed by atoms with Gasteiger partial charge in [-0.15, -0.1) is 0 Å². The van der Waals surface area contributed by atoms with Gasteiger partial charge in [0.1, 0.15) is 19.8 Å². The Bertz CT molecular complexity index is 1340. The molecular formula is C48H80NO9P. The number of rotatable bonds is 38. The van der Waals surface area contributed by atoms with Crippen LogP contribution in [0.3, 0.4) is 0 Å². The van der Waals surface area contributed by atoms with Gasteiger partial charge in [-0.1, -0.05) is 143 Å². The molecule has 0 rings (SSSR count). The summed E-state index contributed by atoms with van der Waals surface area (Å²) in [4.78, 5) is 37.5. The molecule has 0 saturated carbocycles. The molecule has 0 aromatic heterocycles. The predicted octanol–water partition coefficient (Wildman–Crippen LogP) is 10.9. The second kappa shape index (κ2) is 39.1. The average molecular weight is 846 g/mol. The minimum atomic E-state index is -4.66. The lowest BCUT2D eigenvalue weighted by atomic mass is 10.1. The fourth-order valence-corrected chi connectivity index (χ4v) is 5.95. The van der Waals surface area contributed by atoms with Gasteiger partial charge in [0, 0.05) is 12.8 Å². The van der Waals surface area contributed by atoms with Crippen molar-refractivity contribution in [2.45, 2.75) is 148 Å². The van der Waals surface area contributed by atoms with E-state index in [4.69, 9.17) is 18.5 Å². The molecule has 336 valence electrons. The van der Waals surface area contributed by atoms with Crippen LogP contribution in [0.15, 0.2) is 97.2 Å². The lowest BCUT2D eigenvalue weighted by molar-refractivity contribution is -0.870. The molecule has 0 aliphatic carbocycles. The van der Waals surface area contributed by atoms with Crippen molar-refractivity contribution < 1.29 is 47.2 Å². The summed E-state index contributed by atoms with van der Waals surface area (Å²) in [5, 5.41) is 9.91. The number of hydrogen-bond donors (Lipinski definition) is 1. The van der Waals surface area contributed by atoms with Crippen LogP contribution in [0.25, 0.3) is 0 Å². The molecule has 1 N–H and O–H groups in total. The molecule has 0 aliphatic heterocycles. The largest absolute Gasteiger partial charge is 0.756 e. The van der Waals surface area contributed by atoms with E-state index in [2.05, 4.69) is 74.6 Å². The van der Waals surface area contributed by atoms with Gasteiger partial charge in [-0.05, 0) is 77.0 Å². The standard InChI is InChI=1S/C48H80NO9P/c1-6-8-10-11-12-13-14-15-16-17-18-19-22-25-28-31-35-39-47(51)55-43-46(44-57-59(53,54)56-42-41-49(3,4)5)58-48(52)40-36-32-29-26-23-20-21-24-27-30-34-38-45(50)37-33-9-7-2/h8,10,12-13,15-16,18-21,26-27,29-30,34,38,45-46,50H,6-7,9,11,14,17,22-25,28,31-33,35-37,39-44H2,1-5H3/b10-8-,13-12-,16-15-,19-18-,21-20-,29-26-,30-27-,38-34+/t45-,46+/m0/s1. The van der Waals surface area contributed by atoms with Crippen molar-refractivity contribution >= 4 is 19.8 Å². The first kappa shape index (κ1) is 55.9. The predicted molar refractivity (Wildman–Crippen MR) is 241 cm³/mol. The quantitative estimate of drug-likeness (QED) is 0.0161. The smallest absolute Gasteiger partial charge is 0.306 e. The number of carbonyl (C=O) groups excluding carboxylic acids is 2. The van der Waals surface area contributed by atoms with Gasteiger partial charge in [0.2, 0.25) is 0 Å². The summed E-state index contributed by atoms with van der Waals surface area (Å²) in [6.07, 6.45) is 47.7. The molecule has 0 aromatic carbocycles. The maximum atomic E-state index is 12.7. The highest BCUT2D eigenvalue weighted by atomic mass is 31.2. The SMILES string of the molecule is CC/C=C\C/C=C\C/C=C\C/C=C\CCCCCCC(=O)OC[C@H](COP(=O)([O-])OCC[N+](C)(C)C)OC(=O)CCC/C=C\C/C=C\C/C=C\C=C\[C@@H](O)CCCCC. The van der Waals surface area contributed by atoms with Crippen molar-refractivity contribution in [3.8, 4) is 0 Å². The zero-order valence-electron chi connectivity index (χ0n) is 37.3. The van der Waals surface area contributed by atoms with E-state index in [1.807, 2.05) is 57.6 Å². The third kappa shape index (κ3) is 42.8. The number of phosphoric ester groups is 1. The topological polar surface area (TPSA) is 131 Å². The molecule has 0 heterocycles. The lowest BCUT2D eigenvalue weighted by Gasteiger charge is -2.28. The number of quaternary nitrogens is 1. The molecule has 1 unspecified atom stereocenters. The van der Waals surface area contributed by atoms with Crippen LogP contribution < -0.4 is 4.89 Å². The van der Waals surface area contributed by atoms with E-state index < -0.39 is 32.5 Å². The molecule has 3 atom stereocenters. The van der Waals surface area contributed by atoms with E-state index in [9.17, 15) is 24.2 Å². The van der Waals surface area contributed by atoms with Gasteiger partial charge in [0.05, 0.1) is 33.9 Å². The van der Waals surface area contributed by atoms with Crippen molar-refractivity contribution in [3.05, 3.63) is 97.2 Å². The van der Waals surface area contributed by atoms with Gasteiger partial charge in [-0.25, -0.2) is 0 Å². The van der Waals surface area contributed by atoms with E-state index in [1.165, 1.54) is 0 Å². The monoisotopic (exact) mass is 846 g/mol. The highest BCUT2D eigenvalue weighted by Crippen LogP contribution is 2.38. The number of nitrogens with zero attached hydrogens (tertiary/aromatic N) is 1. The number of unbranched alkanes of at least 4 members (excludes halogenated alkanes) is 7. The molecule has 10 nitrogen and oxygen atoms in total. The Morgan fingerprint density at radius 3 is 1.81 bits per heavy atom. The Hall–Kier alpha value is -3.11. The summed E-state index contributed by atoms with van der Waals surface area (Å²) < 4.78 is 33.8. The number of aliphatic hydroxyl groups is 1. The average Bonchev–Trinajstić information content (AvgIpc) is 3.18. The van der Waals surface area contributed by atoms with Gasteiger partial charge in [0.15, 0.2) is 6.10 Å². The second-order valence-corrected chi connectivity index (χ2v) is 16.9. The molecule has 0 radical (unpaired) electrons. The summed E-state index contributed by atoms with van der Waals surface area (Å²) in [6.45, 7) is 3.85. The number of hydrogen-bond acceptors (Lipinski definition) is 9. The Morgan fingerprint density at radius 1 is 0.644 bits per heavy atom. The Balaban J connectivity index is 4.56. The Morgan fingerprint density at radius 2 is 1.20 bits per heavy atom. The molecule has 59 heavy (non-hydrogen) atoms. The van der Waals surface area contributed by atoms with Gasteiger partial charge in [-0.3, -0.25) is 14.2 Å². The summed E-state index contributed by atoms with van der Waals surface area (Å²) in [6, 6.07) is 0. The van der Waals surface area contributed by atoms with Gasteiger partial charge >= 0.3 is 11.9 Å². The van der Waals surface area contributed by atoms with Gasteiger partial charge < -0.3 is 33.0 Å². The molecule has 0 spiro atoms. The molecule has 0 aromatic rings. The van der Waals surface area contributed by atoms with Crippen LogP contribution in [0, 0.1) is 0 Å². The molecule has 0 bridgehead atoms. The van der Waals surface area contributed by atoms with E-state index in [-0.39, 0.29) is 32.2 Å². The summed E-state index contributed by atoms with van der Waals surface area (Å²) in [5.74, 6) is -0.966. The first-order valence-electron chi connectivity index (χ1n) is 22.1. The number of ether oxygens (including phenoxy) is 2. The van der Waals surface area contributed by atoms with Crippen molar-refractivity contribution in [2.75, 3.05) is 47.5 Å². The van der Waals surface area contributed by atoms with Gasteiger partial charge in [0.25, 0.3) is 7.82 Å². The van der Waals surface area contributed by atoms with Crippen LogP contribution in [-0.2, 0) is 32.7 Å². The highest BCUT2D eigenvalue weighted by molar-refractivity contribution is 7.45. The second-order valence-electron chi connectivity index (χ2n) is 15.5. The third-order valence-corrected chi connectivity index (χ3v) is 9.66. The number of carbonyl (C=O) groups is 2. The van der Waals surface area contributed by atoms with Gasteiger partial charge in [-0.2, -0.15) is 0 Å². The van der Waals surface area contributed by atoms with Crippen molar-refractivity contribution in [1.82, 2.24) is 0 Å². The van der Waals surface area contributed by atoms with E-state index in [0.29, 0.717) is 30.3 Å². The van der Waals surface area contributed by atoms with E-state index >= 15 is 0 Å². The lowest BCUT2D eigenvalue weighted by Crippen LogP contribution is -2.37. The van der Waals surface area contributed by atoms with Crippen molar-refractivity contribution in [2.24, 2.45) is 0 Å². The third-order valence-electron chi connectivity index (χ3n) is 8.69. The van der Waals surface area contributed by atoms with E-state index in [0.717, 1.165) is 89.9 Å². The number of esters is 2. The first-order chi connectivity index (χ1) is 28.4. The number of phosphoric acid groups is 1. The highest BCUT2D eigenvalue weighted by Gasteiger charge is 2.21. The maximum Gasteiger partial charge on any atom is 0.306 e. The summed E-state index contributed by atoms with van der Waals surface area (Å²) in [7, 11) is 1.07. The van der Waals surface area contributed by atoms with Crippen molar-refractivity contribution in [3.63, 3.8) is 0 Å². The van der Waals surface area contributed by atoms with Crippen LogP contribution in [0.1, 0.15) is 136 Å². The van der Waals surface area contributed by atoms with E-state index in [1.54, 1.807) is 0 Å². The molecule has 0 amide bonds. The zero-order chi connectivity index (χ0) is 43.7. The first-order valence-corrected chi connectivity index (χ1v) is 23.5. The van der Waals surface area contributed by atoms with Crippen LogP contribution in [0.4, 0.5) is 0 Å². The normalized spacial score (nSPS) is 15.0. The Kier molecular flexibility index (Phi) is 37.0. The minimum Gasteiger partial charge on any atom is -0.756 e. The fourth-order valence-electron chi connectivity index (χ4n) is 5.22. The summed E-state index contributed by atoms with van der Waals surface area (Å²) >= 11 is 0. The van der Waals surface area contributed by atoms with Crippen LogP contribution >= 0.6 is 7.82 Å². The number of likely N-dealkylation sites (N-methyl/N-ethyl adjacent to an activating group) is 1. The maximum absolute atomic E-state index is 12.7. The molecular weight excluding hydrogens is 765 g/mol. The number of aliphatic hydroxyl groups excluding tert-OH is 1. The molecule has 11 heteroatoms. The molecule has 0 aliphatic rings. The van der Waals surface area contributed by atoms with Crippen LogP contribution in [-0.4, -0.2) is 81.2 Å². The van der Waals surface area contributed by atoms with Crippen LogP contribution in [0.5, 0.6) is 0 Å². The molecule has 0 saturated heterocycles. The fraction of sp³-hybridized carbons (Fsp3) is 0.625. The summed E-state index contributed by atoms with van der Waals surface area (Å²) in [5.41, 5.74) is 0. The van der Waals surface area contributed by atoms with Crippen molar-refractivity contribution in [1.29, 1.82) is 0 Å². The minimum absolute atomic E-state index is 0.0593.